The van der Waals surface area contributed by atoms with Crippen LogP contribution in [0.4, 0.5) is 0 Å². The monoisotopic (exact) mass is 242 g/mol. The highest BCUT2D eigenvalue weighted by Crippen LogP contribution is 2.18. The SMILES string of the molecule is Cc1nccn1-c1nc2ccccn2c1C(=O)O. The Morgan fingerprint density at radius 1 is 1.33 bits per heavy atom. The number of carboxylic acids is 1. The minimum Gasteiger partial charge on any atom is -0.476 e. The number of nitrogens with zero attached hydrogens (tertiary/aromatic N) is 4. The smallest absolute Gasteiger partial charge is 0.356 e. The van der Waals surface area contributed by atoms with E-state index in [0.29, 0.717) is 17.3 Å². The summed E-state index contributed by atoms with van der Waals surface area (Å²) in [6.45, 7) is 1.80. The van der Waals surface area contributed by atoms with Crippen LogP contribution in [0.5, 0.6) is 0 Å². The molecule has 0 fully saturated rings. The zero-order valence-electron chi connectivity index (χ0n) is 9.61. The molecule has 3 aromatic heterocycles. The molecule has 1 N–H and O–H groups in total. The van der Waals surface area contributed by atoms with E-state index in [1.54, 1.807) is 46.6 Å². The average molecular weight is 242 g/mol. The Hall–Kier alpha value is -2.63. The molecule has 0 saturated heterocycles. The second kappa shape index (κ2) is 3.69. The van der Waals surface area contributed by atoms with Crippen molar-refractivity contribution in [1.82, 2.24) is 18.9 Å². The zero-order valence-corrected chi connectivity index (χ0v) is 9.61. The Morgan fingerprint density at radius 2 is 2.17 bits per heavy atom. The van der Waals surface area contributed by atoms with Gasteiger partial charge in [0.05, 0.1) is 0 Å². The predicted octanol–water partition coefficient (Wildman–Crippen LogP) is 1.53. The highest BCUT2D eigenvalue weighted by atomic mass is 16.4. The molecule has 0 aliphatic carbocycles. The van der Waals surface area contributed by atoms with Crippen molar-refractivity contribution in [2.75, 3.05) is 0 Å². The van der Waals surface area contributed by atoms with E-state index in [1.807, 2.05) is 6.07 Å². The van der Waals surface area contributed by atoms with Crippen molar-refractivity contribution in [3.05, 3.63) is 48.3 Å². The lowest BCUT2D eigenvalue weighted by molar-refractivity contribution is 0.0689. The number of aromatic nitrogens is 4. The molecular formula is C12H10N4O2. The highest BCUT2D eigenvalue weighted by molar-refractivity contribution is 5.90. The molecule has 0 radical (unpaired) electrons. The van der Waals surface area contributed by atoms with Crippen molar-refractivity contribution in [2.45, 2.75) is 6.92 Å². The molecule has 0 amide bonds. The van der Waals surface area contributed by atoms with E-state index in [9.17, 15) is 9.90 Å². The number of hydrogen-bond donors (Lipinski definition) is 1. The summed E-state index contributed by atoms with van der Waals surface area (Å²) < 4.78 is 3.22. The molecular weight excluding hydrogens is 232 g/mol. The molecule has 3 rings (SSSR count). The van der Waals surface area contributed by atoms with Crippen molar-refractivity contribution < 1.29 is 9.90 Å². The van der Waals surface area contributed by atoms with Crippen LogP contribution in [0.15, 0.2) is 36.8 Å². The summed E-state index contributed by atoms with van der Waals surface area (Å²) in [6.07, 6.45) is 5.00. The van der Waals surface area contributed by atoms with Crippen LogP contribution in [0.2, 0.25) is 0 Å². The Bertz CT molecular complexity index is 741. The van der Waals surface area contributed by atoms with E-state index >= 15 is 0 Å². The summed E-state index contributed by atoms with van der Waals surface area (Å²) in [4.78, 5) is 19.8. The standard InChI is InChI=1S/C12H10N4O2/c1-8-13-5-7-15(8)11-10(12(17)18)16-6-3-2-4-9(16)14-11/h2-7H,1H3,(H,17,18). The molecule has 0 saturated carbocycles. The van der Waals surface area contributed by atoms with Crippen molar-refractivity contribution in [1.29, 1.82) is 0 Å². The maximum atomic E-state index is 11.4. The Kier molecular flexibility index (Phi) is 2.16. The first-order valence-corrected chi connectivity index (χ1v) is 5.39. The van der Waals surface area contributed by atoms with E-state index in [0.717, 1.165) is 0 Å². The fourth-order valence-corrected chi connectivity index (χ4v) is 1.95. The maximum Gasteiger partial charge on any atom is 0.356 e. The zero-order chi connectivity index (χ0) is 12.7. The van der Waals surface area contributed by atoms with Gasteiger partial charge in [-0.05, 0) is 19.1 Å². The van der Waals surface area contributed by atoms with Gasteiger partial charge in [-0.15, -0.1) is 0 Å². The van der Waals surface area contributed by atoms with Gasteiger partial charge in [0.1, 0.15) is 11.5 Å². The van der Waals surface area contributed by atoms with Crippen LogP contribution >= 0.6 is 0 Å². The molecule has 0 spiro atoms. The summed E-state index contributed by atoms with van der Waals surface area (Å²) in [6, 6.07) is 5.35. The number of hydrogen-bond acceptors (Lipinski definition) is 3. The molecule has 0 aliphatic rings. The predicted molar refractivity (Wildman–Crippen MR) is 64.0 cm³/mol. The minimum absolute atomic E-state index is 0.131. The molecule has 0 aromatic carbocycles. The Balaban J connectivity index is 2.39. The van der Waals surface area contributed by atoms with E-state index in [2.05, 4.69) is 9.97 Å². The number of rotatable bonds is 2. The molecule has 0 unspecified atom stereocenters. The van der Waals surface area contributed by atoms with E-state index in [-0.39, 0.29) is 5.69 Å². The highest BCUT2D eigenvalue weighted by Gasteiger charge is 2.20. The summed E-state index contributed by atoms with van der Waals surface area (Å²) >= 11 is 0. The first-order valence-electron chi connectivity index (χ1n) is 5.39. The second-order valence-electron chi connectivity index (χ2n) is 3.86. The molecule has 6 nitrogen and oxygen atoms in total. The van der Waals surface area contributed by atoms with Crippen LogP contribution in [0.25, 0.3) is 11.5 Å². The van der Waals surface area contributed by atoms with Crippen LogP contribution in [0.1, 0.15) is 16.3 Å². The molecule has 18 heavy (non-hydrogen) atoms. The maximum absolute atomic E-state index is 11.4. The number of carbonyl (C=O) groups is 1. The molecule has 0 aliphatic heterocycles. The number of carboxylic acid groups (broad SMARTS) is 1. The third kappa shape index (κ3) is 1.39. The van der Waals surface area contributed by atoms with Gasteiger partial charge in [0.25, 0.3) is 0 Å². The normalized spacial score (nSPS) is 10.9. The number of fused-ring (bicyclic) bond motifs is 1. The summed E-state index contributed by atoms with van der Waals surface area (Å²) in [7, 11) is 0. The largest absolute Gasteiger partial charge is 0.476 e. The van der Waals surface area contributed by atoms with E-state index < -0.39 is 5.97 Å². The van der Waals surface area contributed by atoms with Gasteiger partial charge in [-0.2, -0.15) is 0 Å². The van der Waals surface area contributed by atoms with Gasteiger partial charge in [-0.25, -0.2) is 14.8 Å². The summed E-state index contributed by atoms with van der Waals surface area (Å²) in [5, 5.41) is 9.35. The second-order valence-corrected chi connectivity index (χ2v) is 3.86. The topological polar surface area (TPSA) is 72.4 Å². The van der Waals surface area contributed by atoms with Crippen molar-refractivity contribution in [3.63, 3.8) is 0 Å². The lowest BCUT2D eigenvalue weighted by Crippen LogP contribution is -2.07. The molecule has 6 heteroatoms. The van der Waals surface area contributed by atoms with Gasteiger partial charge in [-0.1, -0.05) is 6.07 Å². The van der Waals surface area contributed by atoms with E-state index in [4.69, 9.17) is 0 Å². The van der Waals surface area contributed by atoms with Crippen LogP contribution in [-0.2, 0) is 0 Å². The third-order valence-electron chi connectivity index (χ3n) is 2.77. The Labute approximate surface area is 102 Å². The van der Waals surface area contributed by atoms with Crippen LogP contribution in [0.3, 0.4) is 0 Å². The lowest BCUT2D eigenvalue weighted by Gasteiger charge is -2.02. The average Bonchev–Trinajstić information content (AvgIpc) is 2.91. The number of aromatic carboxylic acids is 1. The van der Waals surface area contributed by atoms with Gasteiger partial charge in [0.2, 0.25) is 0 Å². The number of aryl methyl sites for hydroxylation is 1. The molecule has 90 valence electrons. The van der Waals surface area contributed by atoms with E-state index in [1.165, 1.54) is 0 Å². The molecule has 3 heterocycles. The van der Waals surface area contributed by atoms with Crippen molar-refractivity contribution >= 4 is 11.6 Å². The molecule has 3 aromatic rings. The minimum atomic E-state index is -1.02. The lowest BCUT2D eigenvalue weighted by atomic mass is 10.4. The summed E-state index contributed by atoms with van der Waals surface area (Å²) in [5.41, 5.74) is 0.727. The van der Waals surface area contributed by atoms with Crippen LogP contribution in [0, 0.1) is 6.92 Å². The number of imidazole rings is 2. The summed E-state index contributed by atoms with van der Waals surface area (Å²) in [5.74, 6) is 0.0569. The van der Waals surface area contributed by atoms with Crippen LogP contribution in [-0.4, -0.2) is 30.0 Å². The van der Waals surface area contributed by atoms with Crippen molar-refractivity contribution in [3.8, 4) is 5.82 Å². The fourth-order valence-electron chi connectivity index (χ4n) is 1.95. The van der Waals surface area contributed by atoms with Gasteiger partial charge in [0.15, 0.2) is 11.5 Å². The van der Waals surface area contributed by atoms with Crippen LogP contribution < -0.4 is 0 Å². The van der Waals surface area contributed by atoms with Gasteiger partial charge >= 0.3 is 5.97 Å². The quantitative estimate of drug-likeness (QED) is 0.739. The van der Waals surface area contributed by atoms with Gasteiger partial charge < -0.3 is 5.11 Å². The molecule has 0 bridgehead atoms. The van der Waals surface area contributed by atoms with Gasteiger partial charge in [-0.3, -0.25) is 8.97 Å². The van der Waals surface area contributed by atoms with Crippen molar-refractivity contribution in [2.24, 2.45) is 0 Å². The first kappa shape index (κ1) is 10.5. The number of pyridine rings is 1. The third-order valence-corrected chi connectivity index (χ3v) is 2.77. The Morgan fingerprint density at radius 3 is 2.83 bits per heavy atom. The molecule has 0 atom stereocenters. The van der Waals surface area contributed by atoms with Gasteiger partial charge in [0, 0.05) is 18.6 Å². The first-order chi connectivity index (χ1) is 8.68. The fraction of sp³-hybridized carbons (Fsp3) is 0.0833.